The van der Waals surface area contributed by atoms with Gasteiger partial charge in [-0.1, -0.05) is 20.8 Å². The molecule has 0 saturated carbocycles. The van der Waals surface area contributed by atoms with Gasteiger partial charge in [-0.3, -0.25) is 10.1 Å². The van der Waals surface area contributed by atoms with Gasteiger partial charge in [-0.05, 0) is 58.7 Å². The fourth-order valence-electron chi connectivity index (χ4n) is 1.47. The summed E-state index contributed by atoms with van der Waals surface area (Å²) in [5, 5.41) is 5.95. The molecule has 0 heterocycles. The first-order valence-electron chi connectivity index (χ1n) is 6.95. The van der Waals surface area contributed by atoms with Crippen molar-refractivity contribution in [1.82, 2.24) is 10.6 Å². The number of hydrogen-bond acceptors (Lipinski definition) is 3. The van der Waals surface area contributed by atoms with E-state index in [9.17, 15) is 4.79 Å². The Bertz CT molecular complexity index is 506. The molecule has 0 spiro atoms. The zero-order valence-corrected chi connectivity index (χ0v) is 14.9. The van der Waals surface area contributed by atoms with E-state index in [0.717, 1.165) is 23.2 Å². The minimum atomic E-state index is -0.236. The Morgan fingerprint density at radius 2 is 2.14 bits per heavy atom. The van der Waals surface area contributed by atoms with Crippen LogP contribution in [0.3, 0.4) is 0 Å². The van der Waals surface area contributed by atoms with Crippen LogP contribution in [0.5, 0.6) is 5.75 Å². The van der Waals surface area contributed by atoms with Gasteiger partial charge in [-0.25, -0.2) is 0 Å². The summed E-state index contributed by atoms with van der Waals surface area (Å²) in [4.78, 5) is 12.0. The lowest BCUT2D eigenvalue weighted by Gasteiger charge is -2.12. The number of carbonyl (C=O) groups is 1. The fraction of sp³-hybridized carbons (Fsp3) is 0.467. The highest BCUT2D eigenvalue weighted by Gasteiger charge is 2.11. The molecule has 0 aliphatic carbocycles. The molecular weight excluding hydrogens is 352 g/mol. The molecule has 0 atom stereocenters. The lowest BCUT2D eigenvalue weighted by atomic mass is 10.2. The van der Waals surface area contributed by atoms with E-state index in [1.807, 2.05) is 6.92 Å². The second kappa shape index (κ2) is 9.00. The molecule has 1 amide bonds. The van der Waals surface area contributed by atoms with Crippen molar-refractivity contribution in [1.29, 1.82) is 0 Å². The van der Waals surface area contributed by atoms with E-state index in [1.165, 1.54) is 0 Å². The summed E-state index contributed by atoms with van der Waals surface area (Å²) in [7, 11) is 0. The van der Waals surface area contributed by atoms with Gasteiger partial charge in [0, 0.05) is 12.1 Å². The topological polar surface area (TPSA) is 50.4 Å². The molecule has 0 fully saturated rings. The van der Waals surface area contributed by atoms with Gasteiger partial charge in [0.15, 0.2) is 5.11 Å². The summed E-state index contributed by atoms with van der Waals surface area (Å²) in [6.07, 6.45) is 0.948. The molecule has 0 aromatic heterocycles. The number of rotatable bonds is 6. The first-order chi connectivity index (χ1) is 9.93. The zero-order valence-electron chi connectivity index (χ0n) is 12.5. The SMILES string of the molecule is CCCNC(=S)NC(=O)c1ccc(OCC(C)C)c(Br)c1. The smallest absolute Gasteiger partial charge is 0.257 e. The van der Waals surface area contributed by atoms with Crippen LogP contribution in [0.4, 0.5) is 0 Å². The molecule has 0 unspecified atom stereocenters. The van der Waals surface area contributed by atoms with Crippen molar-refractivity contribution in [3.8, 4) is 5.75 Å². The fourth-order valence-corrected chi connectivity index (χ4v) is 2.16. The molecule has 0 bridgehead atoms. The van der Waals surface area contributed by atoms with E-state index in [-0.39, 0.29) is 5.91 Å². The van der Waals surface area contributed by atoms with Gasteiger partial charge in [-0.15, -0.1) is 0 Å². The normalized spacial score (nSPS) is 10.3. The standard InChI is InChI=1S/C15H21BrN2O2S/c1-4-7-17-15(21)18-14(19)11-5-6-13(12(16)8-11)20-9-10(2)3/h5-6,8,10H,4,7,9H2,1-3H3,(H2,17,18,19,21). The minimum Gasteiger partial charge on any atom is -0.492 e. The van der Waals surface area contributed by atoms with Crippen molar-refractivity contribution in [2.24, 2.45) is 5.92 Å². The van der Waals surface area contributed by atoms with E-state index in [1.54, 1.807) is 18.2 Å². The lowest BCUT2D eigenvalue weighted by Crippen LogP contribution is -2.39. The highest BCUT2D eigenvalue weighted by atomic mass is 79.9. The van der Waals surface area contributed by atoms with Crippen LogP contribution in [0, 0.1) is 5.92 Å². The monoisotopic (exact) mass is 372 g/mol. The van der Waals surface area contributed by atoms with Gasteiger partial charge < -0.3 is 10.1 Å². The van der Waals surface area contributed by atoms with Crippen LogP contribution in [0.2, 0.25) is 0 Å². The summed E-state index contributed by atoms with van der Waals surface area (Å²) in [5.41, 5.74) is 0.527. The van der Waals surface area contributed by atoms with Crippen LogP contribution in [-0.2, 0) is 0 Å². The number of halogens is 1. The first kappa shape index (κ1) is 17.9. The van der Waals surface area contributed by atoms with Crippen LogP contribution in [0.25, 0.3) is 0 Å². The van der Waals surface area contributed by atoms with Gasteiger partial charge in [0.2, 0.25) is 0 Å². The molecule has 4 nitrogen and oxygen atoms in total. The van der Waals surface area contributed by atoms with Crippen molar-refractivity contribution >= 4 is 39.2 Å². The molecule has 2 N–H and O–H groups in total. The molecule has 116 valence electrons. The third-order valence-corrected chi connectivity index (χ3v) is 3.39. The Morgan fingerprint density at radius 1 is 1.43 bits per heavy atom. The van der Waals surface area contributed by atoms with Crippen LogP contribution < -0.4 is 15.4 Å². The minimum absolute atomic E-state index is 0.236. The van der Waals surface area contributed by atoms with Crippen molar-refractivity contribution < 1.29 is 9.53 Å². The van der Waals surface area contributed by atoms with Gasteiger partial charge in [0.05, 0.1) is 11.1 Å². The van der Waals surface area contributed by atoms with Crippen LogP contribution in [0.15, 0.2) is 22.7 Å². The maximum Gasteiger partial charge on any atom is 0.257 e. The van der Waals surface area contributed by atoms with Crippen LogP contribution in [0.1, 0.15) is 37.6 Å². The Labute approximate surface area is 139 Å². The third kappa shape index (κ3) is 6.44. The third-order valence-electron chi connectivity index (χ3n) is 2.53. The number of hydrogen-bond donors (Lipinski definition) is 2. The van der Waals surface area contributed by atoms with Crippen LogP contribution in [-0.4, -0.2) is 24.2 Å². The number of benzene rings is 1. The summed E-state index contributed by atoms with van der Waals surface area (Å²) in [6.45, 7) is 7.57. The number of thiocarbonyl (C=S) groups is 1. The Balaban J connectivity index is 2.65. The molecule has 0 aliphatic rings. The van der Waals surface area contributed by atoms with E-state index in [2.05, 4.69) is 40.4 Å². The van der Waals surface area contributed by atoms with E-state index < -0.39 is 0 Å². The lowest BCUT2D eigenvalue weighted by molar-refractivity contribution is 0.0976. The molecule has 0 aliphatic heterocycles. The van der Waals surface area contributed by atoms with Gasteiger partial charge in [0.1, 0.15) is 5.75 Å². The van der Waals surface area contributed by atoms with Gasteiger partial charge >= 0.3 is 0 Å². The summed E-state index contributed by atoms with van der Waals surface area (Å²) in [5.74, 6) is 0.938. The molecule has 1 aromatic carbocycles. The summed E-state index contributed by atoms with van der Waals surface area (Å²) >= 11 is 8.47. The van der Waals surface area contributed by atoms with E-state index >= 15 is 0 Å². The second-order valence-electron chi connectivity index (χ2n) is 5.06. The van der Waals surface area contributed by atoms with Crippen LogP contribution >= 0.6 is 28.1 Å². The first-order valence-corrected chi connectivity index (χ1v) is 8.15. The molecule has 21 heavy (non-hydrogen) atoms. The highest BCUT2D eigenvalue weighted by Crippen LogP contribution is 2.26. The van der Waals surface area contributed by atoms with Gasteiger partial charge in [-0.2, -0.15) is 0 Å². The predicted octanol–water partition coefficient (Wildman–Crippen LogP) is 3.50. The molecule has 0 radical (unpaired) electrons. The average Bonchev–Trinajstić information content (AvgIpc) is 2.43. The Hall–Kier alpha value is -1.14. The maximum absolute atomic E-state index is 12.0. The van der Waals surface area contributed by atoms with Crippen molar-refractivity contribution in [2.45, 2.75) is 27.2 Å². The van der Waals surface area contributed by atoms with E-state index in [0.29, 0.717) is 23.2 Å². The summed E-state index contributed by atoms with van der Waals surface area (Å²) < 4.78 is 6.40. The van der Waals surface area contributed by atoms with Crippen molar-refractivity contribution in [3.05, 3.63) is 28.2 Å². The largest absolute Gasteiger partial charge is 0.492 e. The number of amides is 1. The number of carbonyl (C=O) groups excluding carboxylic acids is 1. The average molecular weight is 373 g/mol. The highest BCUT2D eigenvalue weighted by molar-refractivity contribution is 9.10. The zero-order chi connectivity index (χ0) is 15.8. The molecule has 6 heteroatoms. The Morgan fingerprint density at radius 3 is 2.71 bits per heavy atom. The quantitative estimate of drug-likeness (QED) is 0.750. The molecule has 1 aromatic rings. The van der Waals surface area contributed by atoms with E-state index in [4.69, 9.17) is 17.0 Å². The van der Waals surface area contributed by atoms with Crippen molar-refractivity contribution in [2.75, 3.05) is 13.2 Å². The number of ether oxygens (including phenoxy) is 1. The summed E-state index contributed by atoms with van der Waals surface area (Å²) in [6, 6.07) is 5.23. The maximum atomic E-state index is 12.0. The molecule has 1 rings (SSSR count). The second-order valence-corrected chi connectivity index (χ2v) is 6.32. The van der Waals surface area contributed by atoms with Crippen molar-refractivity contribution in [3.63, 3.8) is 0 Å². The molecular formula is C15H21BrN2O2S. The van der Waals surface area contributed by atoms with Gasteiger partial charge in [0.25, 0.3) is 5.91 Å². The Kier molecular flexibility index (Phi) is 7.67. The molecule has 0 saturated heterocycles. The predicted molar refractivity (Wildman–Crippen MR) is 92.8 cm³/mol. The number of nitrogens with one attached hydrogen (secondary N) is 2.